The highest BCUT2D eigenvalue weighted by atomic mass is 32.2. The molecular weight excluding hydrogens is 561 g/mol. The predicted molar refractivity (Wildman–Crippen MR) is 146 cm³/mol. The van der Waals surface area contributed by atoms with Crippen LogP contribution in [0.1, 0.15) is 57.1 Å². The average molecular weight is 597 g/mol. The van der Waals surface area contributed by atoms with Crippen molar-refractivity contribution in [3.63, 3.8) is 0 Å². The van der Waals surface area contributed by atoms with E-state index in [4.69, 9.17) is 9.72 Å². The van der Waals surface area contributed by atoms with Gasteiger partial charge in [0.1, 0.15) is 23.1 Å². The second kappa shape index (κ2) is 10.4. The maximum Gasteiger partial charge on any atom is 0.397 e. The molecule has 1 atom stereocenters. The first-order chi connectivity index (χ1) is 18.8. The van der Waals surface area contributed by atoms with E-state index in [0.717, 1.165) is 20.3 Å². The molecule has 0 spiro atoms. The zero-order chi connectivity index (χ0) is 30.5. The number of aryl methyl sites for hydroxylation is 2. The fourth-order valence-corrected chi connectivity index (χ4v) is 6.47. The highest BCUT2D eigenvalue weighted by Gasteiger charge is 2.48. The molecule has 41 heavy (non-hydrogen) atoms. The number of Topliss-reactive ketones (excluding diaryl/α,β-unsaturated/α-hetero) is 1. The molecule has 0 bridgehead atoms. The number of carbonyl (C=O) groups excluding carboxylic acids is 1. The monoisotopic (exact) mass is 596 g/mol. The summed E-state index contributed by atoms with van der Waals surface area (Å²) in [6, 6.07) is 4.46. The first-order valence-electron chi connectivity index (χ1n) is 13.1. The molecule has 0 amide bonds. The van der Waals surface area contributed by atoms with Gasteiger partial charge in [0.15, 0.2) is 21.4 Å². The van der Waals surface area contributed by atoms with Crippen molar-refractivity contribution in [3.8, 4) is 11.7 Å². The van der Waals surface area contributed by atoms with Crippen LogP contribution in [0.4, 0.5) is 19.0 Å². The smallest absolute Gasteiger partial charge is 0.397 e. The van der Waals surface area contributed by atoms with Crippen LogP contribution in [0.5, 0.6) is 5.88 Å². The topological polar surface area (TPSA) is 112 Å². The highest BCUT2D eigenvalue weighted by molar-refractivity contribution is 7.92. The molecule has 3 aromatic heterocycles. The van der Waals surface area contributed by atoms with E-state index in [2.05, 4.69) is 17.1 Å². The first-order valence-corrected chi connectivity index (χ1v) is 14.8. The van der Waals surface area contributed by atoms with E-state index in [1.165, 1.54) is 40.0 Å². The van der Waals surface area contributed by atoms with Crippen LogP contribution in [0.15, 0.2) is 35.5 Å². The van der Waals surface area contributed by atoms with Gasteiger partial charge in [0.2, 0.25) is 5.88 Å². The SMILES string of the molecule is Cc1nn(C)cc1S(=O)(=O)CC(=O)c1ccc(-n2ccc(OCC(C)(C)C(F)(F)F)n2)nc1N1C[C@@H](C)CC1(C)C. The lowest BCUT2D eigenvalue weighted by molar-refractivity contribution is -0.219. The van der Waals surface area contributed by atoms with E-state index in [-0.39, 0.29) is 21.9 Å². The van der Waals surface area contributed by atoms with Gasteiger partial charge in [0, 0.05) is 37.6 Å². The molecule has 4 rings (SSSR count). The number of pyridine rings is 1. The van der Waals surface area contributed by atoms with Crippen LogP contribution in [-0.2, 0) is 16.9 Å². The number of hydrogen-bond acceptors (Lipinski definition) is 8. The molecule has 1 aliphatic rings. The minimum atomic E-state index is -4.45. The van der Waals surface area contributed by atoms with Crippen molar-refractivity contribution in [2.75, 3.05) is 23.8 Å². The summed E-state index contributed by atoms with van der Waals surface area (Å²) in [6.07, 6.45) is -0.749. The number of hydrogen-bond donors (Lipinski definition) is 0. The molecule has 1 saturated heterocycles. The van der Waals surface area contributed by atoms with Gasteiger partial charge in [-0.05, 0) is 59.1 Å². The molecule has 4 heterocycles. The van der Waals surface area contributed by atoms with Crippen LogP contribution in [0.2, 0.25) is 0 Å². The Balaban J connectivity index is 1.68. The summed E-state index contributed by atoms with van der Waals surface area (Å²) < 4.78 is 74.0. The Labute approximate surface area is 237 Å². The molecule has 14 heteroatoms. The lowest BCUT2D eigenvalue weighted by Crippen LogP contribution is -2.40. The number of carbonyl (C=O) groups is 1. The molecule has 0 aromatic carbocycles. The molecule has 3 aromatic rings. The lowest BCUT2D eigenvalue weighted by atomic mass is 9.94. The summed E-state index contributed by atoms with van der Waals surface area (Å²) in [7, 11) is -2.37. The fourth-order valence-electron chi connectivity index (χ4n) is 5.01. The van der Waals surface area contributed by atoms with E-state index in [9.17, 15) is 26.4 Å². The lowest BCUT2D eigenvalue weighted by Gasteiger charge is -2.34. The van der Waals surface area contributed by atoms with Gasteiger partial charge >= 0.3 is 6.18 Å². The second-order valence-corrected chi connectivity index (χ2v) is 13.9. The standard InChI is InChI=1S/C27H35F3N6O4S/c1-17-12-26(5,6)35(13-17)24-19(20(37)15-41(38,39)21-14-34(7)32-18(21)2)8-9-22(31-24)36-11-10-23(33-36)40-16-25(3,4)27(28,29)30/h8-11,14,17H,12-13,15-16H2,1-7H3/t17-/m0/s1. The average Bonchev–Trinajstić information content (AvgIpc) is 3.52. The molecule has 0 radical (unpaired) electrons. The van der Waals surface area contributed by atoms with Gasteiger partial charge in [-0.1, -0.05) is 6.92 Å². The Morgan fingerprint density at radius 3 is 2.41 bits per heavy atom. The maximum absolute atomic E-state index is 13.5. The van der Waals surface area contributed by atoms with Gasteiger partial charge in [-0.15, -0.1) is 5.10 Å². The predicted octanol–water partition coefficient (Wildman–Crippen LogP) is 4.56. The number of aromatic nitrogens is 5. The third-order valence-corrected chi connectivity index (χ3v) is 8.97. The molecular formula is C27H35F3N6O4S. The minimum Gasteiger partial charge on any atom is -0.476 e. The molecule has 0 unspecified atom stereocenters. The Morgan fingerprint density at radius 2 is 1.85 bits per heavy atom. The number of rotatable bonds is 9. The third kappa shape index (κ3) is 6.26. The van der Waals surface area contributed by atoms with Crippen molar-refractivity contribution in [2.45, 2.75) is 64.6 Å². The summed E-state index contributed by atoms with van der Waals surface area (Å²) in [6.45, 7) is 9.77. The zero-order valence-electron chi connectivity index (χ0n) is 24.2. The number of halogens is 3. The van der Waals surface area contributed by atoms with Gasteiger partial charge < -0.3 is 9.64 Å². The summed E-state index contributed by atoms with van der Waals surface area (Å²) in [5, 5.41) is 8.31. The van der Waals surface area contributed by atoms with Crippen molar-refractivity contribution >= 4 is 21.4 Å². The minimum absolute atomic E-state index is 0.00706. The quantitative estimate of drug-likeness (QED) is 0.331. The van der Waals surface area contributed by atoms with Gasteiger partial charge in [-0.2, -0.15) is 18.3 Å². The number of sulfone groups is 1. The Morgan fingerprint density at radius 1 is 1.17 bits per heavy atom. The summed E-state index contributed by atoms with van der Waals surface area (Å²) in [4.78, 5) is 20.2. The molecule has 10 nitrogen and oxygen atoms in total. The zero-order valence-corrected chi connectivity index (χ0v) is 25.0. The highest BCUT2D eigenvalue weighted by Crippen LogP contribution is 2.39. The molecule has 1 fully saturated rings. The van der Waals surface area contributed by atoms with Crippen molar-refractivity contribution in [3.05, 3.63) is 41.9 Å². The molecule has 0 N–H and O–H groups in total. The molecule has 0 saturated carbocycles. The normalized spacial score (nSPS) is 17.7. The van der Waals surface area contributed by atoms with Gasteiger partial charge in [-0.25, -0.2) is 18.1 Å². The number of nitrogens with zero attached hydrogens (tertiary/aromatic N) is 6. The van der Waals surface area contributed by atoms with Crippen molar-refractivity contribution < 1.29 is 31.1 Å². The maximum atomic E-state index is 13.5. The van der Waals surface area contributed by atoms with Crippen LogP contribution < -0.4 is 9.64 Å². The number of alkyl halides is 3. The van der Waals surface area contributed by atoms with E-state index in [1.807, 2.05) is 18.7 Å². The first kappa shape index (κ1) is 30.5. The van der Waals surface area contributed by atoms with Crippen molar-refractivity contribution in [1.82, 2.24) is 24.5 Å². The van der Waals surface area contributed by atoms with Crippen molar-refractivity contribution in [2.24, 2.45) is 18.4 Å². The Kier molecular flexibility index (Phi) is 7.78. The van der Waals surface area contributed by atoms with Gasteiger partial charge in [-0.3, -0.25) is 9.48 Å². The number of ether oxygens (including phenoxy) is 1. The molecule has 1 aliphatic heterocycles. The molecule has 0 aliphatic carbocycles. The van der Waals surface area contributed by atoms with Crippen LogP contribution in [0.3, 0.4) is 0 Å². The summed E-state index contributed by atoms with van der Waals surface area (Å²) in [5.41, 5.74) is -1.99. The van der Waals surface area contributed by atoms with Crippen molar-refractivity contribution in [1.29, 1.82) is 0 Å². The van der Waals surface area contributed by atoms with E-state index in [1.54, 1.807) is 14.0 Å². The van der Waals surface area contributed by atoms with Crippen LogP contribution in [0.25, 0.3) is 5.82 Å². The third-order valence-electron chi connectivity index (χ3n) is 7.26. The van der Waals surface area contributed by atoms with Crippen LogP contribution >= 0.6 is 0 Å². The Bertz CT molecular complexity index is 1560. The van der Waals surface area contributed by atoms with Gasteiger partial charge in [0.05, 0.1) is 16.7 Å². The largest absolute Gasteiger partial charge is 0.476 e. The fraction of sp³-hybridized carbons (Fsp3) is 0.556. The van der Waals surface area contributed by atoms with E-state index >= 15 is 0 Å². The second-order valence-electron chi connectivity index (χ2n) is 12.0. The number of anilines is 1. The Hall–Kier alpha value is -3.42. The molecule has 224 valence electrons. The van der Waals surface area contributed by atoms with Crippen LogP contribution in [0, 0.1) is 18.3 Å². The number of ketones is 1. The van der Waals surface area contributed by atoms with Gasteiger partial charge in [0.25, 0.3) is 0 Å². The van der Waals surface area contributed by atoms with E-state index < -0.39 is 39.6 Å². The van der Waals surface area contributed by atoms with E-state index in [0.29, 0.717) is 29.8 Å². The summed E-state index contributed by atoms with van der Waals surface area (Å²) >= 11 is 0. The summed E-state index contributed by atoms with van der Waals surface area (Å²) in [5.74, 6) is -0.484. The van der Waals surface area contributed by atoms with Crippen LogP contribution in [-0.4, -0.2) is 69.4 Å².